The number of hydrogen-bond donors (Lipinski definition) is 1. The number of carbonyl (C=O) groups is 1. The van der Waals surface area contributed by atoms with Gasteiger partial charge in [0.1, 0.15) is 11.4 Å². The molecule has 1 aliphatic heterocycles. The molecule has 1 aromatic heterocycles. The second-order valence-corrected chi connectivity index (χ2v) is 7.87. The van der Waals surface area contributed by atoms with E-state index in [0.29, 0.717) is 29.6 Å². The number of alkyl halides is 1. The van der Waals surface area contributed by atoms with Gasteiger partial charge in [-0.15, -0.1) is 0 Å². The summed E-state index contributed by atoms with van der Waals surface area (Å²) in [5.41, 5.74) is 1.11. The van der Waals surface area contributed by atoms with E-state index in [2.05, 4.69) is 27.4 Å². The van der Waals surface area contributed by atoms with Gasteiger partial charge in [0, 0.05) is 54.8 Å². The molecule has 6 nitrogen and oxygen atoms in total. The van der Waals surface area contributed by atoms with Gasteiger partial charge in [-0.25, -0.2) is 9.18 Å². The number of rotatable bonds is 5. The van der Waals surface area contributed by atoms with Crippen LogP contribution >= 0.6 is 15.9 Å². The van der Waals surface area contributed by atoms with Gasteiger partial charge < -0.3 is 19.5 Å². The Morgan fingerprint density at radius 1 is 1.25 bits per heavy atom. The molecule has 4 rings (SSSR count). The number of piperazine rings is 1. The Morgan fingerprint density at radius 3 is 2.50 bits per heavy atom. The fraction of sp³-hybridized carbons (Fsp3) is 0.400. The molecule has 0 amide bonds. The summed E-state index contributed by atoms with van der Waals surface area (Å²) in [6, 6.07) is 3.06. The lowest BCUT2D eigenvalue weighted by atomic mass is 10.1. The number of fused-ring (bicyclic) bond motifs is 1. The third kappa shape index (κ3) is 3.30. The maximum Gasteiger partial charge on any atom is 0.341 e. The molecule has 2 fully saturated rings. The van der Waals surface area contributed by atoms with Crippen molar-refractivity contribution in [1.29, 1.82) is 0 Å². The zero-order valence-corrected chi connectivity index (χ0v) is 16.9. The third-order valence-corrected chi connectivity index (χ3v) is 6.14. The number of halogens is 2. The highest BCUT2D eigenvalue weighted by molar-refractivity contribution is 9.09. The molecule has 0 atom stereocenters. The Labute approximate surface area is 170 Å². The summed E-state index contributed by atoms with van der Waals surface area (Å²) in [5.74, 6) is -1.78. The Balaban J connectivity index is 1.75. The molecule has 1 saturated carbocycles. The molecule has 1 aromatic carbocycles. The smallest absolute Gasteiger partial charge is 0.341 e. The standard InChI is InChI=1S/C20H21BrFN3O3/c1-12(10-21)23-4-6-24(7-5-23)18-9-17-14(8-16(18)22)19(26)15(20(27)28)11-25(17)13-2-3-13/h8-9,11,13H,1-7,10H2,(H,27,28). The van der Waals surface area contributed by atoms with Gasteiger partial charge in [-0.1, -0.05) is 22.5 Å². The van der Waals surface area contributed by atoms with Crippen molar-refractivity contribution < 1.29 is 14.3 Å². The van der Waals surface area contributed by atoms with Crippen LogP contribution in [0.2, 0.25) is 0 Å². The maximum absolute atomic E-state index is 14.9. The minimum absolute atomic E-state index is 0.124. The Bertz CT molecular complexity index is 1020. The van der Waals surface area contributed by atoms with Crippen molar-refractivity contribution in [1.82, 2.24) is 9.47 Å². The number of allylic oxidation sites excluding steroid dienone is 1. The molecule has 1 aliphatic carbocycles. The molecular weight excluding hydrogens is 429 g/mol. The lowest BCUT2D eigenvalue weighted by Crippen LogP contribution is -2.46. The first kappa shape index (κ1) is 19.0. The highest BCUT2D eigenvalue weighted by Crippen LogP contribution is 2.38. The molecule has 28 heavy (non-hydrogen) atoms. The van der Waals surface area contributed by atoms with Gasteiger partial charge in [-0.2, -0.15) is 0 Å². The van der Waals surface area contributed by atoms with Gasteiger partial charge in [0.25, 0.3) is 0 Å². The second-order valence-electron chi connectivity index (χ2n) is 7.31. The van der Waals surface area contributed by atoms with E-state index in [4.69, 9.17) is 0 Å². The first-order valence-electron chi connectivity index (χ1n) is 9.26. The summed E-state index contributed by atoms with van der Waals surface area (Å²) >= 11 is 3.41. The van der Waals surface area contributed by atoms with Gasteiger partial charge in [0.2, 0.25) is 5.43 Å². The van der Waals surface area contributed by atoms with Crippen LogP contribution in [0.1, 0.15) is 29.2 Å². The maximum atomic E-state index is 14.9. The molecule has 148 valence electrons. The number of carboxylic acids is 1. The van der Waals surface area contributed by atoms with Crippen molar-refractivity contribution in [3.8, 4) is 0 Å². The minimum Gasteiger partial charge on any atom is -0.477 e. The lowest BCUT2D eigenvalue weighted by Gasteiger charge is -2.38. The van der Waals surface area contributed by atoms with E-state index in [0.717, 1.165) is 31.6 Å². The van der Waals surface area contributed by atoms with Crippen molar-refractivity contribution in [2.24, 2.45) is 0 Å². The molecule has 0 radical (unpaired) electrons. The molecular formula is C20H21BrFN3O3. The Hall–Kier alpha value is -2.35. The second kappa shape index (κ2) is 7.24. The normalized spacial score (nSPS) is 17.2. The summed E-state index contributed by atoms with van der Waals surface area (Å²) in [6.07, 6.45) is 3.26. The van der Waals surface area contributed by atoms with Crippen LogP contribution in [0.25, 0.3) is 10.9 Å². The van der Waals surface area contributed by atoms with E-state index in [1.807, 2.05) is 9.47 Å². The van der Waals surface area contributed by atoms with Gasteiger partial charge in [-0.05, 0) is 25.0 Å². The van der Waals surface area contributed by atoms with Crippen LogP contribution < -0.4 is 10.3 Å². The van der Waals surface area contributed by atoms with Gasteiger partial charge in [0.15, 0.2) is 0 Å². The summed E-state index contributed by atoms with van der Waals surface area (Å²) in [4.78, 5) is 28.1. The molecule has 0 unspecified atom stereocenters. The number of pyridine rings is 1. The number of carboxylic acid groups (broad SMARTS) is 1. The zero-order valence-electron chi connectivity index (χ0n) is 15.3. The average Bonchev–Trinajstić information content (AvgIpc) is 3.52. The van der Waals surface area contributed by atoms with E-state index in [1.165, 1.54) is 12.3 Å². The molecule has 2 aliphatic rings. The van der Waals surface area contributed by atoms with Crippen molar-refractivity contribution in [3.63, 3.8) is 0 Å². The zero-order chi connectivity index (χ0) is 20.0. The number of aromatic carboxylic acids is 1. The van der Waals surface area contributed by atoms with Gasteiger partial charge in [-0.3, -0.25) is 4.79 Å². The molecule has 8 heteroatoms. The third-order valence-electron chi connectivity index (χ3n) is 5.49. The highest BCUT2D eigenvalue weighted by atomic mass is 79.9. The molecule has 0 bridgehead atoms. The van der Waals surface area contributed by atoms with E-state index >= 15 is 0 Å². The lowest BCUT2D eigenvalue weighted by molar-refractivity contribution is 0.0695. The van der Waals surface area contributed by atoms with E-state index in [-0.39, 0.29) is 17.0 Å². The van der Waals surface area contributed by atoms with Crippen molar-refractivity contribution in [3.05, 3.63) is 52.2 Å². The predicted molar refractivity (Wildman–Crippen MR) is 110 cm³/mol. The SMILES string of the molecule is C=C(CBr)N1CCN(c2cc3c(cc2F)c(=O)c(C(=O)O)cn3C2CC2)CC1. The largest absolute Gasteiger partial charge is 0.477 e. The summed E-state index contributed by atoms with van der Waals surface area (Å²) in [5, 5.41) is 10.2. The minimum atomic E-state index is -1.28. The van der Waals surface area contributed by atoms with Gasteiger partial charge >= 0.3 is 5.97 Å². The number of anilines is 1. The number of nitrogens with zero attached hydrogens (tertiary/aromatic N) is 3. The van der Waals surface area contributed by atoms with Crippen LogP contribution in [-0.2, 0) is 0 Å². The van der Waals surface area contributed by atoms with Crippen LogP contribution in [-0.4, -0.2) is 52.1 Å². The number of benzene rings is 1. The van der Waals surface area contributed by atoms with Crippen LogP contribution in [0, 0.1) is 5.82 Å². The van der Waals surface area contributed by atoms with Crippen LogP contribution in [0.15, 0.2) is 35.4 Å². The summed E-state index contributed by atoms with van der Waals surface area (Å²) in [6.45, 7) is 6.81. The number of hydrogen-bond acceptors (Lipinski definition) is 4. The Morgan fingerprint density at radius 2 is 1.93 bits per heavy atom. The molecule has 0 spiro atoms. The molecule has 2 aromatic rings. The topological polar surface area (TPSA) is 65.8 Å². The van der Waals surface area contributed by atoms with Crippen molar-refractivity contribution in [2.75, 3.05) is 36.4 Å². The fourth-order valence-electron chi connectivity index (χ4n) is 3.76. The first-order valence-corrected chi connectivity index (χ1v) is 10.4. The first-order chi connectivity index (χ1) is 13.4. The van der Waals surface area contributed by atoms with E-state index < -0.39 is 17.2 Å². The van der Waals surface area contributed by atoms with Crippen LogP contribution in [0.4, 0.5) is 10.1 Å². The summed E-state index contributed by atoms with van der Waals surface area (Å²) in [7, 11) is 0. The van der Waals surface area contributed by atoms with Crippen molar-refractivity contribution in [2.45, 2.75) is 18.9 Å². The Kier molecular flexibility index (Phi) is 4.91. The molecule has 1 saturated heterocycles. The molecule has 2 heterocycles. The summed E-state index contributed by atoms with van der Waals surface area (Å²) < 4.78 is 16.7. The van der Waals surface area contributed by atoms with E-state index in [1.54, 1.807) is 6.07 Å². The van der Waals surface area contributed by atoms with Gasteiger partial charge in [0.05, 0.1) is 11.2 Å². The van der Waals surface area contributed by atoms with Crippen LogP contribution in [0.5, 0.6) is 0 Å². The highest BCUT2D eigenvalue weighted by Gasteiger charge is 2.28. The van der Waals surface area contributed by atoms with Crippen LogP contribution in [0.3, 0.4) is 0 Å². The average molecular weight is 450 g/mol. The fourth-order valence-corrected chi connectivity index (χ4v) is 4.11. The molecule has 1 N–H and O–H groups in total. The van der Waals surface area contributed by atoms with Crippen molar-refractivity contribution >= 4 is 38.5 Å². The number of aromatic nitrogens is 1. The quantitative estimate of drug-likeness (QED) is 0.709. The van der Waals surface area contributed by atoms with E-state index in [9.17, 15) is 19.1 Å². The predicted octanol–water partition coefficient (Wildman–Crippen LogP) is 3.20. The monoisotopic (exact) mass is 449 g/mol.